The van der Waals surface area contributed by atoms with Gasteiger partial charge in [-0.25, -0.2) is 0 Å². The summed E-state index contributed by atoms with van der Waals surface area (Å²) in [7, 11) is 0. The molecule has 5 heteroatoms. The number of ether oxygens (including phenoxy) is 3. The lowest BCUT2D eigenvalue weighted by Crippen LogP contribution is -2.32. The number of hydrogen-bond acceptors (Lipinski definition) is 5. The molecule has 20 heavy (non-hydrogen) atoms. The summed E-state index contributed by atoms with van der Waals surface area (Å²) in [4.78, 5) is 0. The zero-order chi connectivity index (χ0) is 14.4. The SMILES string of the molecule is CC(C)CCNCC(O)COc1ccc2c(c1)OCO2. The summed E-state index contributed by atoms with van der Waals surface area (Å²) >= 11 is 0. The minimum absolute atomic E-state index is 0.251. The molecule has 1 aromatic carbocycles. The van der Waals surface area contributed by atoms with Gasteiger partial charge in [0.15, 0.2) is 11.5 Å². The number of fused-ring (bicyclic) bond motifs is 1. The molecule has 0 saturated heterocycles. The number of aliphatic hydroxyl groups excluding tert-OH is 1. The summed E-state index contributed by atoms with van der Waals surface area (Å²) in [6, 6.07) is 5.40. The van der Waals surface area contributed by atoms with Crippen molar-refractivity contribution in [2.24, 2.45) is 5.92 Å². The van der Waals surface area contributed by atoms with Crippen LogP contribution in [0.4, 0.5) is 0 Å². The van der Waals surface area contributed by atoms with Crippen molar-refractivity contribution in [1.82, 2.24) is 5.32 Å². The molecule has 1 aromatic rings. The van der Waals surface area contributed by atoms with E-state index in [4.69, 9.17) is 14.2 Å². The molecule has 0 saturated carbocycles. The molecule has 0 radical (unpaired) electrons. The highest BCUT2D eigenvalue weighted by atomic mass is 16.7. The Morgan fingerprint density at radius 2 is 2.10 bits per heavy atom. The van der Waals surface area contributed by atoms with Gasteiger partial charge < -0.3 is 24.6 Å². The lowest BCUT2D eigenvalue weighted by molar-refractivity contribution is 0.106. The maximum Gasteiger partial charge on any atom is 0.231 e. The second-order valence-electron chi connectivity index (χ2n) is 5.37. The summed E-state index contributed by atoms with van der Waals surface area (Å²) in [6.45, 7) is 6.33. The van der Waals surface area contributed by atoms with E-state index < -0.39 is 6.10 Å². The van der Waals surface area contributed by atoms with Gasteiger partial charge in [-0.3, -0.25) is 0 Å². The van der Waals surface area contributed by atoms with Crippen LogP contribution in [0.5, 0.6) is 17.2 Å². The van der Waals surface area contributed by atoms with Crippen molar-refractivity contribution < 1.29 is 19.3 Å². The molecule has 1 aliphatic rings. The van der Waals surface area contributed by atoms with Gasteiger partial charge in [-0.15, -0.1) is 0 Å². The van der Waals surface area contributed by atoms with E-state index in [2.05, 4.69) is 19.2 Å². The topological polar surface area (TPSA) is 60.0 Å². The van der Waals surface area contributed by atoms with Crippen molar-refractivity contribution in [3.8, 4) is 17.2 Å². The molecule has 1 unspecified atom stereocenters. The van der Waals surface area contributed by atoms with Gasteiger partial charge >= 0.3 is 0 Å². The molecular weight excluding hydrogens is 258 g/mol. The predicted octanol–water partition coefficient (Wildman–Crippen LogP) is 1.79. The Labute approximate surface area is 119 Å². The van der Waals surface area contributed by atoms with Crippen LogP contribution in [0.3, 0.4) is 0 Å². The molecule has 0 aromatic heterocycles. The Hall–Kier alpha value is -1.46. The van der Waals surface area contributed by atoms with Crippen LogP contribution in [-0.2, 0) is 0 Å². The van der Waals surface area contributed by atoms with Crippen molar-refractivity contribution >= 4 is 0 Å². The minimum atomic E-state index is -0.521. The van der Waals surface area contributed by atoms with Crippen LogP contribution in [0.1, 0.15) is 20.3 Å². The summed E-state index contributed by atoms with van der Waals surface area (Å²) in [5.74, 6) is 2.76. The van der Waals surface area contributed by atoms with Crippen LogP contribution >= 0.6 is 0 Å². The maximum absolute atomic E-state index is 9.83. The molecule has 1 heterocycles. The highest BCUT2D eigenvalue weighted by Gasteiger charge is 2.14. The van der Waals surface area contributed by atoms with Gasteiger partial charge in [-0.2, -0.15) is 0 Å². The van der Waals surface area contributed by atoms with Crippen LogP contribution < -0.4 is 19.5 Å². The number of benzene rings is 1. The highest BCUT2D eigenvalue weighted by molar-refractivity contribution is 5.46. The summed E-state index contributed by atoms with van der Waals surface area (Å²) in [5, 5.41) is 13.0. The second kappa shape index (κ2) is 7.36. The molecule has 0 fully saturated rings. The highest BCUT2D eigenvalue weighted by Crippen LogP contribution is 2.35. The molecule has 0 amide bonds. The summed E-state index contributed by atoms with van der Waals surface area (Å²) in [6.07, 6.45) is 0.586. The van der Waals surface area contributed by atoms with Crippen molar-refractivity contribution in [1.29, 1.82) is 0 Å². The fourth-order valence-corrected chi connectivity index (χ4v) is 1.88. The Bertz CT molecular complexity index is 422. The van der Waals surface area contributed by atoms with Crippen LogP contribution in [0, 0.1) is 5.92 Å². The average Bonchev–Trinajstić information content (AvgIpc) is 2.88. The van der Waals surface area contributed by atoms with E-state index in [0.717, 1.165) is 18.7 Å². The van der Waals surface area contributed by atoms with E-state index in [1.165, 1.54) is 0 Å². The van der Waals surface area contributed by atoms with Gasteiger partial charge in [0.1, 0.15) is 18.5 Å². The van der Waals surface area contributed by atoms with Gasteiger partial charge in [-0.05, 0) is 31.0 Å². The smallest absolute Gasteiger partial charge is 0.231 e. The van der Waals surface area contributed by atoms with Gasteiger partial charge in [0.25, 0.3) is 0 Å². The van der Waals surface area contributed by atoms with E-state index in [-0.39, 0.29) is 13.4 Å². The molecular formula is C15H23NO4. The minimum Gasteiger partial charge on any atom is -0.491 e. The molecule has 0 aliphatic carbocycles. The molecule has 5 nitrogen and oxygen atoms in total. The Morgan fingerprint density at radius 1 is 1.30 bits per heavy atom. The van der Waals surface area contributed by atoms with Crippen LogP contribution in [0.2, 0.25) is 0 Å². The molecule has 0 bridgehead atoms. The number of hydrogen-bond donors (Lipinski definition) is 2. The zero-order valence-electron chi connectivity index (χ0n) is 12.1. The molecule has 1 atom stereocenters. The van der Waals surface area contributed by atoms with Crippen LogP contribution in [0.15, 0.2) is 18.2 Å². The fourth-order valence-electron chi connectivity index (χ4n) is 1.88. The third-order valence-electron chi connectivity index (χ3n) is 3.06. The van der Waals surface area contributed by atoms with Gasteiger partial charge in [-0.1, -0.05) is 13.8 Å². The lowest BCUT2D eigenvalue weighted by Gasteiger charge is -2.14. The van der Waals surface area contributed by atoms with Crippen molar-refractivity contribution in [3.63, 3.8) is 0 Å². The fraction of sp³-hybridized carbons (Fsp3) is 0.600. The summed E-state index contributed by atoms with van der Waals surface area (Å²) in [5.41, 5.74) is 0. The van der Waals surface area contributed by atoms with Crippen molar-refractivity contribution in [3.05, 3.63) is 18.2 Å². The van der Waals surface area contributed by atoms with E-state index in [1.807, 2.05) is 12.1 Å². The zero-order valence-corrected chi connectivity index (χ0v) is 12.1. The first-order valence-electron chi connectivity index (χ1n) is 7.06. The quantitative estimate of drug-likeness (QED) is 0.711. The first-order chi connectivity index (χ1) is 9.65. The molecule has 2 rings (SSSR count). The maximum atomic E-state index is 9.83. The monoisotopic (exact) mass is 281 g/mol. The molecule has 0 spiro atoms. The predicted molar refractivity (Wildman–Crippen MR) is 76.4 cm³/mol. The van der Waals surface area contributed by atoms with Gasteiger partial charge in [0, 0.05) is 12.6 Å². The van der Waals surface area contributed by atoms with E-state index in [0.29, 0.717) is 24.0 Å². The molecule has 2 N–H and O–H groups in total. The largest absolute Gasteiger partial charge is 0.491 e. The van der Waals surface area contributed by atoms with E-state index in [1.54, 1.807) is 6.07 Å². The van der Waals surface area contributed by atoms with E-state index in [9.17, 15) is 5.11 Å². The normalized spacial score (nSPS) is 14.6. The second-order valence-corrected chi connectivity index (χ2v) is 5.37. The Kier molecular flexibility index (Phi) is 5.49. The van der Waals surface area contributed by atoms with E-state index >= 15 is 0 Å². The first-order valence-corrected chi connectivity index (χ1v) is 7.06. The molecule has 112 valence electrons. The van der Waals surface area contributed by atoms with Crippen LogP contribution in [-0.4, -0.2) is 37.7 Å². The lowest BCUT2D eigenvalue weighted by atomic mass is 10.1. The number of rotatable bonds is 8. The Morgan fingerprint density at radius 3 is 2.90 bits per heavy atom. The average molecular weight is 281 g/mol. The first kappa shape index (κ1) is 14.9. The Balaban J connectivity index is 1.67. The molecule has 1 aliphatic heterocycles. The van der Waals surface area contributed by atoms with Crippen molar-refractivity contribution in [2.45, 2.75) is 26.4 Å². The number of aliphatic hydroxyl groups is 1. The standard InChI is InChI=1S/C15H23NO4/c1-11(2)5-6-16-8-12(17)9-18-13-3-4-14-15(7-13)20-10-19-14/h3-4,7,11-12,16-17H,5-6,8-10H2,1-2H3. The van der Waals surface area contributed by atoms with Crippen molar-refractivity contribution in [2.75, 3.05) is 26.5 Å². The third kappa shape index (κ3) is 4.58. The van der Waals surface area contributed by atoms with Gasteiger partial charge in [0.2, 0.25) is 6.79 Å². The van der Waals surface area contributed by atoms with Crippen LogP contribution in [0.25, 0.3) is 0 Å². The number of nitrogens with one attached hydrogen (secondary N) is 1. The van der Waals surface area contributed by atoms with Gasteiger partial charge in [0.05, 0.1) is 0 Å². The third-order valence-corrected chi connectivity index (χ3v) is 3.06. The summed E-state index contributed by atoms with van der Waals surface area (Å²) < 4.78 is 16.0.